The van der Waals surface area contributed by atoms with Crippen LogP contribution in [0, 0.1) is 0 Å². The first-order valence-electron chi connectivity index (χ1n) is 6.43. The largest absolute Gasteiger partial charge is 0.383 e. The zero-order valence-corrected chi connectivity index (χ0v) is 12.0. The minimum atomic E-state index is 0.644. The number of hydrogen-bond donors (Lipinski definition) is 1. The molecule has 0 saturated carbocycles. The van der Waals surface area contributed by atoms with Crippen LogP contribution in [-0.4, -0.2) is 9.97 Å². The minimum Gasteiger partial charge on any atom is -0.383 e. The minimum absolute atomic E-state index is 0.644. The second-order valence-corrected chi connectivity index (χ2v) is 6.70. The van der Waals surface area contributed by atoms with Crippen LogP contribution in [0.5, 0.6) is 0 Å². The van der Waals surface area contributed by atoms with Crippen molar-refractivity contribution in [2.24, 2.45) is 0 Å². The van der Waals surface area contributed by atoms with Crippen LogP contribution in [0.2, 0.25) is 0 Å². The van der Waals surface area contributed by atoms with E-state index in [2.05, 4.69) is 10.4 Å². The van der Waals surface area contributed by atoms with Crippen LogP contribution in [0.3, 0.4) is 0 Å². The lowest BCUT2D eigenvalue weighted by Gasteiger charge is -2.10. The quantitative estimate of drug-likeness (QED) is 0.739. The Bertz CT molecular complexity index is 744. The predicted molar refractivity (Wildman–Crippen MR) is 81.8 cm³/mol. The van der Waals surface area contributed by atoms with E-state index in [1.54, 1.807) is 22.7 Å². The van der Waals surface area contributed by atoms with Gasteiger partial charge in [0.2, 0.25) is 0 Å². The highest BCUT2D eigenvalue weighted by Crippen LogP contribution is 2.38. The number of rotatable bonds is 1. The molecule has 3 nitrogen and oxygen atoms in total. The zero-order valence-electron chi connectivity index (χ0n) is 10.3. The number of thiophene rings is 2. The van der Waals surface area contributed by atoms with Crippen molar-refractivity contribution in [2.75, 3.05) is 5.73 Å². The van der Waals surface area contributed by atoms with Gasteiger partial charge in [0.15, 0.2) is 5.82 Å². The second kappa shape index (κ2) is 4.28. The fraction of sp³-hybridized carbons (Fsp3) is 0.286. The molecule has 1 aliphatic carbocycles. The van der Waals surface area contributed by atoms with E-state index >= 15 is 0 Å². The van der Waals surface area contributed by atoms with Crippen molar-refractivity contribution in [3.63, 3.8) is 0 Å². The Morgan fingerprint density at radius 3 is 2.89 bits per heavy atom. The van der Waals surface area contributed by atoms with Gasteiger partial charge in [0.25, 0.3) is 0 Å². The van der Waals surface area contributed by atoms with Gasteiger partial charge in [-0.1, -0.05) is 0 Å². The van der Waals surface area contributed by atoms with E-state index in [0.29, 0.717) is 5.82 Å². The summed E-state index contributed by atoms with van der Waals surface area (Å²) in [4.78, 5) is 11.7. The summed E-state index contributed by atoms with van der Waals surface area (Å²) in [6, 6.07) is 2.04. The van der Waals surface area contributed by atoms with Crippen LogP contribution >= 0.6 is 22.7 Å². The number of nitrogens with zero attached hydrogens (tertiary/aromatic N) is 2. The van der Waals surface area contributed by atoms with E-state index in [1.807, 2.05) is 11.4 Å². The molecule has 3 aromatic heterocycles. The third kappa shape index (κ3) is 1.76. The molecule has 4 rings (SSSR count). The molecule has 0 unspecified atom stereocenters. The maximum atomic E-state index is 6.19. The fourth-order valence-corrected chi connectivity index (χ4v) is 4.61. The van der Waals surface area contributed by atoms with Crippen molar-refractivity contribution < 1.29 is 0 Å². The van der Waals surface area contributed by atoms with Crippen LogP contribution in [0.25, 0.3) is 21.6 Å². The van der Waals surface area contributed by atoms with Gasteiger partial charge in [-0.15, -0.1) is 11.3 Å². The van der Waals surface area contributed by atoms with Crippen molar-refractivity contribution in [2.45, 2.75) is 25.7 Å². The highest BCUT2D eigenvalue weighted by molar-refractivity contribution is 7.19. The molecular weight excluding hydrogens is 274 g/mol. The predicted octanol–water partition coefficient (Wildman–Crippen LogP) is 3.88. The fourth-order valence-electron chi connectivity index (χ4n) is 2.71. The van der Waals surface area contributed by atoms with Crippen molar-refractivity contribution in [3.05, 3.63) is 27.3 Å². The Labute approximate surface area is 119 Å². The van der Waals surface area contributed by atoms with E-state index < -0.39 is 0 Å². The summed E-state index contributed by atoms with van der Waals surface area (Å²) in [6.07, 6.45) is 4.83. The molecule has 3 aromatic rings. The monoisotopic (exact) mass is 287 g/mol. The first-order valence-corrected chi connectivity index (χ1v) is 8.19. The summed E-state index contributed by atoms with van der Waals surface area (Å²) in [7, 11) is 0. The molecule has 1 aliphatic rings. The topological polar surface area (TPSA) is 51.8 Å². The molecule has 3 heterocycles. The first-order chi connectivity index (χ1) is 9.33. The highest BCUT2D eigenvalue weighted by atomic mass is 32.1. The zero-order chi connectivity index (χ0) is 12.8. The molecule has 2 N–H and O–H groups in total. The molecule has 0 spiro atoms. The van der Waals surface area contributed by atoms with Gasteiger partial charge in [-0.3, -0.25) is 0 Å². The van der Waals surface area contributed by atoms with Gasteiger partial charge in [0, 0.05) is 15.8 Å². The summed E-state index contributed by atoms with van der Waals surface area (Å²) in [6.45, 7) is 0. The molecule has 0 bridgehead atoms. The summed E-state index contributed by atoms with van der Waals surface area (Å²) >= 11 is 3.45. The Kier molecular flexibility index (Phi) is 2.56. The Morgan fingerprint density at radius 1 is 1.16 bits per heavy atom. The molecule has 96 valence electrons. The summed E-state index contributed by atoms with van der Waals surface area (Å²) in [5, 5.41) is 5.21. The van der Waals surface area contributed by atoms with Gasteiger partial charge in [-0.25, -0.2) is 9.97 Å². The average Bonchev–Trinajstić information content (AvgIpc) is 3.05. The normalized spacial score (nSPS) is 14.7. The van der Waals surface area contributed by atoms with E-state index in [4.69, 9.17) is 10.7 Å². The highest BCUT2D eigenvalue weighted by Gasteiger charge is 2.20. The lowest BCUT2D eigenvalue weighted by molar-refractivity contribution is 0.700. The second-order valence-electron chi connectivity index (χ2n) is 4.84. The molecule has 5 heteroatoms. The number of aryl methyl sites for hydroxylation is 2. The van der Waals surface area contributed by atoms with E-state index in [1.165, 1.54) is 29.7 Å². The smallest absolute Gasteiger partial charge is 0.163 e. The van der Waals surface area contributed by atoms with Crippen molar-refractivity contribution >= 4 is 38.7 Å². The number of nitrogen functional groups attached to an aromatic ring is 1. The molecule has 0 saturated heterocycles. The Hall–Kier alpha value is -1.46. The molecule has 0 aliphatic heterocycles. The van der Waals surface area contributed by atoms with Gasteiger partial charge < -0.3 is 5.73 Å². The maximum Gasteiger partial charge on any atom is 0.163 e. The van der Waals surface area contributed by atoms with Crippen LogP contribution < -0.4 is 5.73 Å². The van der Waals surface area contributed by atoms with Gasteiger partial charge in [-0.05, 0) is 42.7 Å². The van der Waals surface area contributed by atoms with Gasteiger partial charge in [0.1, 0.15) is 10.6 Å². The molecular formula is C14H13N3S2. The third-order valence-electron chi connectivity index (χ3n) is 3.62. The number of aromatic nitrogens is 2. The van der Waals surface area contributed by atoms with Crippen molar-refractivity contribution in [1.29, 1.82) is 0 Å². The van der Waals surface area contributed by atoms with E-state index in [-0.39, 0.29) is 0 Å². The SMILES string of the molecule is Nc1nc(-c2ccsc2)nc2sc3c(c12)CCCC3. The average molecular weight is 287 g/mol. The Balaban J connectivity index is 1.98. The van der Waals surface area contributed by atoms with Crippen LogP contribution in [-0.2, 0) is 12.8 Å². The summed E-state index contributed by atoms with van der Waals surface area (Å²) in [5.41, 5.74) is 8.65. The summed E-state index contributed by atoms with van der Waals surface area (Å²) in [5.74, 6) is 1.40. The molecule has 0 aromatic carbocycles. The Morgan fingerprint density at radius 2 is 2.05 bits per heavy atom. The lowest BCUT2D eigenvalue weighted by Crippen LogP contribution is -2.01. The van der Waals surface area contributed by atoms with Gasteiger partial charge >= 0.3 is 0 Å². The number of hydrogen-bond acceptors (Lipinski definition) is 5. The standard InChI is InChI=1S/C14H13N3S2/c15-12-11-9-3-1-2-4-10(9)19-14(11)17-13(16-12)8-5-6-18-7-8/h5-7H,1-4H2,(H2,15,16,17). The summed E-state index contributed by atoms with van der Waals surface area (Å²) < 4.78 is 0. The molecule has 0 fully saturated rings. The van der Waals surface area contributed by atoms with Crippen LogP contribution in [0.4, 0.5) is 5.82 Å². The molecule has 0 amide bonds. The first kappa shape index (κ1) is 11.4. The molecule has 0 atom stereocenters. The van der Waals surface area contributed by atoms with Crippen LogP contribution in [0.1, 0.15) is 23.3 Å². The van der Waals surface area contributed by atoms with Crippen molar-refractivity contribution in [3.8, 4) is 11.4 Å². The van der Waals surface area contributed by atoms with E-state index in [0.717, 1.165) is 28.0 Å². The third-order valence-corrected chi connectivity index (χ3v) is 5.49. The number of nitrogens with two attached hydrogens (primary N) is 1. The molecule has 19 heavy (non-hydrogen) atoms. The van der Waals surface area contributed by atoms with Crippen LogP contribution in [0.15, 0.2) is 16.8 Å². The number of anilines is 1. The van der Waals surface area contributed by atoms with Gasteiger partial charge in [-0.2, -0.15) is 11.3 Å². The van der Waals surface area contributed by atoms with Crippen molar-refractivity contribution in [1.82, 2.24) is 9.97 Å². The molecule has 0 radical (unpaired) electrons. The lowest BCUT2D eigenvalue weighted by atomic mass is 9.97. The van der Waals surface area contributed by atoms with E-state index in [9.17, 15) is 0 Å². The van der Waals surface area contributed by atoms with Gasteiger partial charge in [0.05, 0.1) is 5.39 Å². The maximum absolute atomic E-state index is 6.19. The number of fused-ring (bicyclic) bond motifs is 3.